The van der Waals surface area contributed by atoms with E-state index in [1.54, 1.807) is 55.5 Å². The highest BCUT2D eigenvalue weighted by molar-refractivity contribution is 7.92. The summed E-state index contributed by atoms with van der Waals surface area (Å²) in [5, 5.41) is 3.66. The molecule has 214 valence electrons. The highest BCUT2D eigenvalue weighted by Crippen LogP contribution is 2.28. The quantitative estimate of drug-likeness (QED) is 0.318. The molecule has 0 unspecified atom stereocenters. The molecule has 0 radical (unpaired) electrons. The van der Waals surface area contributed by atoms with E-state index in [4.69, 9.17) is 23.2 Å². The van der Waals surface area contributed by atoms with E-state index in [1.165, 1.54) is 17.0 Å². The van der Waals surface area contributed by atoms with E-state index in [2.05, 4.69) is 5.32 Å². The molecule has 3 aromatic carbocycles. The van der Waals surface area contributed by atoms with Gasteiger partial charge in [0.15, 0.2) is 0 Å². The van der Waals surface area contributed by atoms with Crippen LogP contribution in [0.3, 0.4) is 0 Å². The third-order valence-corrected chi connectivity index (χ3v) is 8.78. The van der Waals surface area contributed by atoms with Crippen LogP contribution < -0.4 is 9.62 Å². The first-order valence-electron chi connectivity index (χ1n) is 12.8. The van der Waals surface area contributed by atoms with Crippen LogP contribution in [0.15, 0.2) is 71.6 Å². The average molecular weight is 605 g/mol. The summed E-state index contributed by atoms with van der Waals surface area (Å²) >= 11 is 12.5. The van der Waals surface area contributed by atoms with Crippen molar-refractivity contribution in [3.63, 3.8) is 0 Å². The lowest BCUT2D eigenvalue weighted by molar-refractivity contribution is -0.140. The van der Waals surface area contributed by atoms with Gasteiger partial charge in [-0.25, -0.2) is 8.42 Å². The Kier molecular flexibility index (Phi) is 9.93. The Labute approximate surface area is 247 Å². The topological polar surface area (TPSA) is 86.8 Å². The molecule has 0 spiro atoms. The fourth-order valence-corrected chi connectivity index (χ4v) is 5.91. The third-order valence-electron chi connectivity index (χ3n) is 6.41. The minimum atomic E-state index is -4.13. The number of hydrogen-bond acceptors (Lipinski definition) is 4. The predicted octanol–water partition coefficient (Wildman–Crippen LogP) is 6.14. The minimum Gasteiger partial charge on any atom is -0.350 e. The lowest BCUT2D eigenvalue weighted by Gasteiger charge is -2.33. The molecule has 2 amide bonds. The van der Waals surface area contributed by atoms with Crippen molar-refractivity contribution in [2.75, 3.05) is 10.8 Å². The van der Waals surface area contributed by atoms with Gasteiger partial charge in [0.2, 0.25) is 11.8 Å². The fraction of sp³-hybridized carbons (Fsp3) is 0.333. The van der Waals surface area contributed by atoms with Crippen molar-refractivity contribution in [2.24, 2.45) is 0 Å². The number of nitrogens with zero attached hydrogens (tertiary/aromatic N) is 2. The van der Waals surface area contributed by atoms with Crippen LogP contribution in [-0.2, 0) is 26.2 Å². The molecule has 40 heavy (non-hydrogen) atoms. The number of benzene rings is 3. The molecular weight excluding hydrogens is 569 g/mol. The number of rotatable bonds is 9. The molecule has 0 aliphatic carbocycles. The van der Waals surface area contributed by atoms with E-state index in [-0.39, 0.29) is 17.3 Å². The van der Waals surface area contributed by atoms with Gasteiger partial charge in [0, 0.05) is 22.1 Å². The first kappa shape index (κ1) is 31.5. The summed E-state index contributed by atoms with van der Waals surface area (Å²) < 4.78 is 28.8. The first-order valence-corrected chi connectivity index (χ1v) is 15.0. The van der Waals surface area contributed by atoms with Crippen LogP contribution in [0, 0.1) is 13.8 Å². The van der Waals surface area contributed by atoms with Gasteiger partial charge in [0.05, 0.1) is 10.6 Å². The molecule has 0 bridgehead atoms. The Hall–Kier alpha value is -3.07. The molecule has 3 aromatic rings. The van der Waals surface area contributed by atoms with E-state index in [1.807, 2.05) is 40.7 Å². The summed E-state index contributed by atoms with van der Waals surface area (Å²) in [6.45, 7) is 10.4. The van der Waals surface area contributed by atoms with Gasteiger partial charge in [-0.15, -0.1) is 0 Å². The molecular formula is C30H35Cl2N3O4S. The van der Waals surface area contributed by atoms with E-state index >= 15 is 0 Å². The summed E-state index contributed by atoms with van der Waals surface area (Å²) in [5.74, 6) is -0.949. The second-order valence-corrected chi connectivity index (χ2v) is 13.5. The summed E-state index contributed by atoms with van der Waals surface area (Å²) in [6, 6.07) is 17.1. The van der Waals surface area contributed by atoms with E-state index < -0.39 is 34.1 Å². The summed E-state index contributed by atoms with van der Waals surface area (Å²) in [4.78, 5) is 28.6. The summed E-state index contributed by atoms with van der Waals surface area (Å²) in [7, 11) is -4.13. The van der Waals surface area contributed by atoms with Gasteiger partial charge < -0.3 is 10.2 Å². The van der Waals surface area contributed by atoms with E-state index in [0.717, 1.165) is 15.4 Å². The van der Waals surface area contributed by atoms with Crippen LogP contribution >= 0.6 is 23.2 Å². The second kappa shape index (κ2) is 12.6. The maximum absolute atomic E-state index is 14.0. The largest absolute Gasteiger partial charge is 0.350 e. The second-order valence-electron chi connectivity index (χ2n) is 10.8. The number of carbonyl (C=O) groups excluding carboxylic acids is 2. The molecule has 0 saturated heterocycles. The average Bonchev–Trinajstić information content (AvgIpc) is 2.87. The number of nitrogens with one attached hydrogen (secondary N) is 1. The van der Waals surface area contributed by atoms with Crippen LogP contribution in [0.5, 0.6) is 0 Å². The van der Waals surface area contributed by atoms with Gasteiger partial charge in [0.25, 0.3) is 10.0 Å². The van der Waals surface area contributed by atoms with Crippen molar-refractivity contribution in [2.45, 2.75) is 64.6 Å². The molecule has 1 N–H and O–H groups in total. The zero-order valence-corrected chi connectivity index (χ0v) is 25.9. The zero-order chi connectivity index (χ0) is 29.8. The highest BCUT2D eigenvalue weighted by Gasteiger charge is 2.33. The van der Waals surface area contributed by atoms with Crippen molar-refractivity contribution in [1.82, 2.24) is 10.2 Å². The van der Waals surface area contributed by atoms with Gasteiger partial charge in [0.1, 0.15) is 12.6 Å². The number of carbonyl (C=O) groups is 2. The number of amides is 2. The molecule has 0 saturated carbocycles. The minimum absolute atomic E-state index is 0.0281. The number of sulfonamides is 1. The van der Waals surface area contributed by atoms with Crippen molar-refractivity contribution in [3.05, 3.63) is 93.5 Å². The third kappa shape index (κ3) is 7.77. The predicted molar refractivity (Wildman–Crippen MR) is 161 cm³/mol. The molecule has 0 aliphatic rings. The van der Waals surface area contributed by atoms with Crippen molar-refractivity contribution in [3.8, 4) is 0 Å². The Morgan fingerprint density at radius 2 is 1.57 bits per heavy atom. The molecule has 7 nitrogen and oxygen atoms in total. The molecule has 0 fully saturated rings. The number of anilines is 1. The molecule has 0 heterocycles. The first-order chi connectivity index (χ1) is 18.6. The smallest absolute Gasteiger partial charge is 0.264 e. The van der Waals surface area contributed by atoms with E-state index in [9.17, 15) is 18.0 Å². The van der Waals surface area contributed by atoms with Crippen LogP contribution in [0.1, 0.15) is 44.4 Å². The summed E-state index contributed by atoms with van der Waals surface area (Å²) in [5.41, 5.74) is 2.23. The van der Waals surface area contributed by atoms with Crippen LogP contribution in [-0.4, -0.2) is 43.3 Å². The van der Waals surface area contributed by atoms with Crippen LogP contribution in [0.25, 0.3) is 0 Å². The van der Waals surface area contributed by atoms with Crippen LogP contribution in [0.2, 0.25) is 10.0 Å². The number of hydrogen-bond donors (Lipinski definition) is 1. The van der Waals surface area contributed by atoms with Gasteiger partial charge in [-0.1, -0.05) is 53.5 Å². The Balaban J connectivity index is 2.07. The Bertz CT molecular complexity index is 1490. The Morgan fingerprint density at radius 1 is 0.925 bits per heavy atom. The standard InChI is InChI=1S/C30H35Cl2N3O4S/c1-20-12-15-25(16-21(20)2)35(40(38,39)26-10-8-7-9-11-26)19-28(36)34(22(3)29(37)33-30(4,5)6)18-23-13-14-24(31)17-27(23)32/h7-17,22H,18-19H2,1-6H3,(H,33,37)/t22-/m0/s1. The molecule has 1 atom stereocenters. The summed E-state index contributed by atoms with van der Waals surface area (Å²) in [6.07, 6.45) is 0. The maximum Gasteiger partial charge on any atom is 0.264 e. The lowest BCUT2D eigenvalue weighted by atomic mass is 10.1. The van der Waals surface area contributed by atoms with Crippen molar-refractivity contribution >= 4 is 50.7 Å². The van der Waals surface area contributed by atoms with Crippen molar-refractivity contribution < 1.29 is 18.0 Å². The molecule has 10 heteroatoms. The normalized spacial score (nSPS) is 12.5. The number of halogens is 2. The van der Waals surface area contributed by atoms with Gasteiger partial charge in [-0.05, 0) is 94.6 Å². The van der Waals surface area contributed by atoms with E-state index in [0.29, 0.717) is 21.3 Å². The van der Waals surface area contributed by atoms with Gasteiger partial charge in [-0.3, -0.25) is 13.9 Å². The molecule has 3 rings (SSSR count). The van der Waals surface area contributed by atoms with Gasteiger partial charge >= 0.3 is 0 Å². The highest BCUT2D eigenvalue weighted by atomic mass is 35.5. The van der Waals surface area contributed by atoms with Gasteiger partial charge in [-0.2, -0.15) is 0 Å². The lowest BCUT2D eigenvalue weighted by Crippen LogP contribution is -2.54. The molecule has 0 aliphatic heterocycles. The Morgan fingerprint density at radius 3 is 2.15 bits per heavy atom. The van der Waals surface area contributed by atoms with Crippen LogP contribution in [0.4, 0.5) is 5.69 Å². The SMILES string of the molecule is Cc1ccc(N(CC(=O)N(Cc2ccc(Cl)cc2Cl)[C@@H](C)C(=O)NC(C)(C)C)S(=O)(=O)c2ccccc2)cc1C. The fourth-order valence-electron chi connectivity index (χ4n) is 4.02. The number of aryl methyl sites for hydroxylation is 2. The zero-order valence-electron chi connectivity index (χ0n) is 23.5. The monoisotopic (exact) mass is 603 g/mol. The molecule has 0 aromatic heterocycles. The van der Waals surface area contributed by atoms with Crippen molar-refractivity contribution in [1.29, 1.82) is 0 Å². The maximum atomic E-state index is 14.0.